The van der Waals surface area contributed by atoms with E-state index in [1.807, 2.05) is 59.5 Å². The van der Waals surface area contributed by atoms with Crippen LogP contribution in [0.1, 0.15) is 33.7 Å². The van der Waals surface area contributed by atoms with Crippen molar-refractivity contribution in [1.82, 2.24) is 20.2 Å². The molecule has 1 amide bonds. The molecule has 6 nitrogen and oxygen atoms in total. The van der Waals surface area contributed by atoms with E-state index in [0.29, 0.717) is 25.2 Å². The lowest BCUT2D eigenvalue weighted by Gasteiger charge is -2.21. The zero-order valence-corrected chi connectivity index (χ0v) is 18.8. The molecule has 0 aliphatic carbocycles. The van der Waals surface area contributed by atoms with E-state index < -0.39 is 0 Å². The largest absolute Gasteiger partial charge is 0.340 e. The van der Waals surface area contributed by atoms with E-state index in [9.17, 15) is 4.79 Å². The van der Waals surface area contributed by atoms with Crippen LogP contribution in [0.4, 0.5) is 0 Å². The number of hydrogen-bond acceptors (Lipinski definition) is 4. The number of aromatic amines is 1. The van der Waals surface area contributed by atoms with Crippen molar-refractivity contribution in [1.29, 1.82) is 0 Å². The molecule has 33 heavy (non-hydrogen) atoms. The van der Waals surface area contributed by atoms with Crippen molar-refractivity contribution in [3.8, 4) is 0 Å². The first kappa shape index (κ1) is 22.7. The molecule has 0 bridgehead atoms. The number of amides is 1. The summed E-state index contributed by atoms with van der Waals surface area (Å²) < 4.78 is 0. The minimum Gasteiger partial charge on any atom is -0.340 e. The van der Waals surface area contributed by atoms with Crippen LogP contribution >= 0.6 is 0 Å². The SMILES string of the molecule is NCCCN(Cc1nc2ccccc2[nH]1)C(=O)c1ccc(CCNCc2ccccc2)cc1. The molecule has 0 saturated heterocycles. The van der Waals surface area contributed by atoms with E-state index in [2.05, 4.69) is 39.6 Å². The summed E-state index contributed by atoms with van der Waals surface area (Å²) in [6.07, 6.45) is 1.66. The Morgan fingerprint density at radius 3 is 2.45 bits per heavy atom. The summed E-state index contributed by atoms with van der Waals surface area (Å²) in [5, 5.41) is 3.47. The number of nitrogens with one attached hydrogen (secondary N) is 2. The summed E-state index contributed by atoms with van der Waals surface area (Å²) in [6, 6.07) is 26.2. The standard InChI is InChI=1S/C27H31N5O/c28-16-6-18-32(20-26-30-24-9-4-5-10-25(24)31-26)27(33)23-13-11-21(12-14-23)15-17-29-19-22-7-2-1-3-8-22/h1-5,7-14,29H,6,15-20,28H2,(H,30,31). The van der Waals surface area contributed by atoms with Crippen LogP contribution < -0.4 is 11.1 Å². The van der Waals surface area contributed by atoms with Crippen LogP contribution in [0.3, 0.4) is 0 Å². The Labute approximate surface area is 194 Å². The number of imidazole rings is 1. The van der Waals surface area contributed by atoms with Crippen LogP contribution in [0.15, 0.2) is 78.9 Å². The van der Waals surface area contributed by atoms with Gasteiger partial charge in [0.2, 0.25) is 0 Å². The molecule has 1 aromatic heterocycles. The van der Waals surface area contributed by atoms with Gasteiger partial charge in [-0.1, -0.05) is 54.6 Å². The molecule has 3 aromatic carbocycles. The Hall–Kier alpha value is -3.48. The molecule has 0 fully saturated rings. The number of H-pyrrole nitrogens is 1. The number of nitrogens with zero attached hydrogens (tertiary/aromatic N) is 2. The van der Waals surface area contributed by atoms with E-state index in [-0.39, 0.29) is 5.91 Å². The maximum Gasteiger partial charge on any atom is 0.254 e. The van der Waals surface area contributed by atoms with Crippen LogP contribution in [-0.2, 0) is 19.5 Å². The molecule has 6 heteroatoms. The van der Waals surface area contributed by atoms with Gasteiger partial charge in [-0.25, -0.2) is 4.98 Å². The number of aromatic nitrogens is 2. The van der Waals surface area contributed by atoms with Gasteiger partial charge in [0.1, 0.15) is 5.82 Å². The molecule has 4 aromatic rings. The van der Waals surface area contributed by atoms with E-state index >= 15 is 0 Å². The number of carbonyl (C=O) groups is 1. The van der Waals surface area contributed by atoms with Crippen molar-refractivity contribution in [2.45, 2.75) is 25.9 Å². The van der Waals surface area contributed by atoms with Gasteiger partial charge < -0.3 is 20.9 Å². The highest BCUT2D eigenvalue weighted by Crippen LogP contribution is 2.15. The van der Waals surface area contributed by atoms with Gasteiger partial charge in [-0.05, 0) is 61.3 Å². The number of para-hydroxylation sites is 2. The normalized spacial score (nSPS) is 11.1. The van der Waals surface area contributed by atoms with Gasteiger partial charge in [-0.15, -0.1) is 0 Å². The van der Waals surface area contributed by atoms with Crippen LogP contribution in [0, 0.1) is 0 Å². The van der Waals surface area contributed by atoms with Gasteiger partial charge in [0.25, 0.3) is 5.91 Å². The summed E-state index contributed by atoms with van der Waals surface area (Å²) >= 11 is 0. The second-order valence-corrected chi connectivity index (χ2v) is 8.18. The number of nitrogens with two attached hydrogens (primary N) is 1. The van der Waals surface area contributed by atoms with Crippen molar-refractivity contribution in [2.75, 3.05) is 19.6 Å². The molecule has 0 aliphatic rings. The van der Waals surface area contributed by atoms with Gasteiger partial charge >= 0.3 is 0 Å². The number of rotatable bonds is 11. The van der Waals surface area contributed by atoms with Gasteiger partial charge in [0.05, 0.1) is 17.6 Å². The molecule has 0 spiro atoms. The monoisotopic (exact) mass is 441 g/mol. The minimum atomic E-state index is -0.00217. The van der Waals surface area contributed by atoms with E-state index in [1.165, 1.54) is 11.1 Å². The van der Waals surface area contributed by atoms with Crippen molar-refractivity contribution in [3.05, 3.63) is 101 Å². The smallest absolute Gasteiger partial charge is 0.254 e. The van der Waals surface area contributed by atoms with Gasteiger partial charge in [0, 0.05) is 18.7 Å². The fraction of sp³-hybridized carbons (Fsp3) is 0.259. The van der Waals surface area contributed by atoms with E-state index in [0.717, 1.165) is 42.8 Å². The Kier molecular flexibility index (Phi) is 7.85. The van der Waals surface area contributed by atoms with Crippen molar-refractivity contribution in [2.24, 2.45) is 5.73 Å². The average molecular weight is 442 g/mol. The molecule has 0 aliphatic heterocycles. The number of benzene rings is 3. The minimum absolute atomic E-state index is 0.00217. The lowest BCUT2D eigenvalue weighted by atomic mass is 10.1. The number of hydrogen-bond donors (Lipinski definition) is 3. The van der Waals surface area contributed by atoms with E-state index in [4.69, 9.17) is 5.73 Å². The Bertz CT molecular complexity index is 1120. The molecular weight excluding hydrogens is 410 g/mol. The third-order valence-corrected chi connectivity index (χ3v) is 5.66. The Morgan fingerprint density at radius 1 is 0.939 bits per heavy atom. The maximum absolute atomic E-state index is 13.2. The fourth-order valence-electron chi connectivity index (χ4n) is 3.85. The molecule has 0 radical (unpaired) electrons. The zero-order chi connectivity index (χ0) is 22.9. The molecule has 4 rings (SSSR count). The highest BCUT2D eigenvalue weighted by molar-refractivity contribution is 5.94. The van der Waals surface area contributed by atoms with Crippen LogP contribution in [-0.4, -0.2) is 40.4 Å². The maximum atomic E-state index is 13.2. The highest BCUT2D eigenvalue weighted by Gasteiger charge is 2.17. The molecule has 170 valence electrons. The Morgan fingerprint density at radius 2 is 1.70 bits per heavy atom. The van der Waals surface area contributed by atoms with Gasteiger partial charge in [0.15, 0.2) is 0 Å². The van der Waals surface area contributed by atoms with Crippen LogP contribution in [0.5, 0.6) is 0 Å². The van der Waals surface area contributed by atoms with Crippen molar-refractivity contribution in [3.63, 3.8) is 0 Å². The first-order valence-corrected chi connectivity index (χ1v) is 11.5. The first-order chi connectivity index (χ1) is 16.2. The van der Waals surface area contributed by atoms with Crippen LogP contribution in [0.25, 0.3) is 11.0 Å². The van der Waals surface area contributed by atoms with Gasteiger partial charge in [-0.2, -0.15) is 0 Å². The third kappa shape index (κ3) is 6.28. The molecule has 0 atom stereocenters. The predicted octanol–water partition coefficient (Wildman–Crippen LogP) is 3.89. The second-order valence-electron chi connectivity index (χ2n) is 8.18. The van der Waals surface area contributed by atoms with Crippen molar-refractivity contribution >= 4 is 16.9 Å². The number of carbonyl (C=O) groups excluding carboxylic acids is 1. The summed E-state index contributed by atoms with van der Waals surface area (Å²) in [4.78, 5) is 23.0. The topological polar surface area (TPSA) is 87.0 Å². The van der Waals surface area contributed by atoms with Crippen LogP contribution in [0.2, 0.25) is 0 Å². The van der Waals surface area contributed by atoms with E-state index in [1.54, 1.807) is 0 Å². The summed E-state index contributed by atoms with van der Waals surface area (Å²) in [6.45, 7) is 3.31. The lowest BCUT2D eigenvalue weighted by molar-refractivity contribution is 0.0738. The van der Waals surface area contributed by atoms with Crippen molar-refractivity contribution < 1.29 is 4.79 Å². The quantitative estimate of drug-likeness (QED) is 0.308. The zero-order valence-electron chi connectivity index (χ0n) is 18.8. The summed E-state index contributed by atoms with van der Waals surface area (Å²) in [5.74, 6) is 0.778. The van der Waals surface area contributed by atoms with Gasteiger partial charge in [-0.3, -0.25) is 4.79 Å². The first-order valence-electron chi connectivity index (χ1n) is 11.5. The summed E-state index contributed by atoms with van der Waals surface area (Å²) in [7, 11) is 0. The highest BCUT2D eigenvalue weighted by atomic mass is 16.2. The third-order valence-electron chi connectivity index (χ3n) is 5.66. The Balaban J connectivity index is 1.35. The fourth-order valence-corrected chi connectivity index (χ4v) is 3.85. The molecule has 0 unspecified atom stereocenters. The predicted molar refractivity (Wildman–Crippen MR) is 133 cm³/mol. The number of fused-ring (bicyclic) bond motifs is 1. The molecule has 4 N–H and O–H groups in total. The second kappa shape index (κ2) is 11.4. The molecule has 0 saturated carbocycles. The molecule has 1 heterocycles. The molecular formula is C27H31N5O. The summed E-state index contributed by atoms with van der Waals surface area (Å²) in [5.41, 5.74) is 10.8. The lowest BCUT2D eigenvalue weighted by Crippen LogP contribution is -2.33. The average Bonchev–Trinajstić information content (AvgIpc) is 3.27.